The molecule has 1 aromatic carbocycles. The van der Waals surface area contributed by atoms with E-state index in [2.05, 4.69) is 20.2 Å². The summed E-state index contributed by atoms with van der Waals surface area (Å²) in [5.41, 5.74) is 0. The summed E-state index contributed by atoms with van der Waals surface area (Å²) in [6, 6.07) is 13.8. The first-order chi connectivity index (χ1) is 10.4. The molecule has 0 aliphatic heterocycles. The Bertz CT molecular complexity index is 528. The van der Waals surface area contributed by atoms with Crippen LogP contribution in [0, 0.1) is 0 Å². The van der Waals surface area contributed by atoms with Crippen LogP contribution in [0.4, 0.5) is 0 Å². The van der Waals surface area contributed by atoms with Crippen molar-refractivity contribution in [3.8, 4) is 5.75 Å². The number of benzene rings is 1. The van der Waals surface area contributed by atoms with Crippen LogP contribution in [0.15, 0.2) is 59.9 Å². The van der Waals surface area contributed by atoms with Gasteiger partial charge >= 0.3 is 0 Å². The number of hydrogen-bond acceptors (Lipinski definition) is 2. The first-order valence-electron chi connectivity index (χ1n) is 7.11. The van der Waals surface area contributed by atoms with E-state index < -0.39 is 0 Å². The third kappa shape index (κ3) is 6.84. The molecule has 0 saturated carbocycles. The van der Waals surface area contributed by atoms with E-state index in [0.29, 0.717) is 13.2 Å². The molecule has 6 heteroatoms. The summed E-state index contributed by atoms with van der Waals surface area (Å²) in [6.45, 7) is 3.04. The van der Waals surface area contributed by atoms with Gasteiger partial charge in [-0.25, -0.2) is 0 Å². The Kier molecular flexibility index (Phi) is 9.13. The average molecular weight is 414 g/mol. The molecule has 0 bridgehead atoms. The van der Waals surface area contributed by atoms with Gasteiger partial charge in [0.2, 0.25) is 0 Å². The third-order valence-electron chi connectivity index (χ3n) is 2.96. The smallest absolute Gasteiger partial charge is 0.191 e. The SMILES string of the molecule is CN=C(NCCOc1ccccc1)NCCn1cccc1.I. The summed E-state index contributed by atoms with van der Waals surface area (Å²) in [6.07, 6.45) is 4.09. The van der Waals surface area contributed by atoms with E-state index in [0.717, 1.165) is 24.8 Å². The number of nitrogens with zero attached hydrogens (tertiary/aromatic N) is 2. The predicted molar refractivity (Wildman–Crippen MR) is 101 cm³/mol. The number of aromatic nitrogens is 1. The minimum absolute atomic E-state index is 0. The number of para-hydroxylation sites is 1. The highest BCUT2D eigenvalue weighted by molar-refractivity contribution is 14.0. The van der Waals surface area contributed by atoms with E-state index in [1.165, 1.54) is 0 Å². The molecule has 22 heavy (non-hydrogen) atoms. The van der Waals surface area contributed by atoms with Crippen LogP contribution < -0.4 is 15.4 Å². The van der Waals surface area contributed by atoms with Crippen LogP contribution in [0.2, 0.25) is 0 Å². The number of halogens is 1. The molecular formula is C16H23IN4O. The topological polar surface area (TPSA) is 50.6 Å². The van der Waals surface area contributed by atoms with E-state index in [9.17, 15) is 0 Å². The molecule has 0 atom stereocenters. The molecule has 0 amide bonds. The Balaban J connectivity index is 0.00000242. The van der Waals surface area contributed by atoms with Crippen LogP contribution >= 0.6 is 24.0 Å². The standard InChI is InChI=1S/C16H22N4O.HI/c1-17-16(18-9-13-20-11-5-6-12-20)19-10-14-21-15-7-3-2-4-8-15;/h2-8,11-12H,9-10,13-14H2,1H3,(H2,17,18,19);1H. The fourth-order valence-corrected chi connectivity index (χ4v) is 1.90. The van der Waals surface area contributed by atoms with Crippen molar-refractivity contribution in [1.82, 2.24) is 15.2 Å². The summed E-state index contributed by atoms with van der Waals surface area (Å²) < 4.78 is 7.74. The zero-order valence-electron chi connectivity index (χ0n) is 12.7. The number of ether oxygens (including phenoxy) is 1. The summed E-state index contributed by atoms with van der Waals surface area (Å²) in [5, 5.41) is 6.49. The molecule has 5 nitrogen and oxygen atoms in total. The van der Waals surface area contributed by atoms with Crippen molar-refractivity contribution in [2.24, 2.45) is 4.99 Å². The molecule has 120 valence electrons. The molecule has 0 fully saturated rings. The molecule has 1 aromatic heterocycles. The van der Waals surface area contributed by atoms with Crippen molar-refractivity contribution >= 4 is 29.9 Å². The van der Waals surface area contributed by atoms with Gasteiger partial charge in [-0.15, -0.1) is 24.0 Å². The predicted octanol–water partition coefficient (Wildman–Crippen LogP) is 2.35. The van der Waals surface area contributed by atoms with Gasteiger partial charge in [0.25, 0.3) is 0 Å². The lowest BCUT2D eigenvalue weighted by Gasteiger charge is -2.12. The van der Waals surface area contributed by atoms with Crippen LogP contribution in [0.5, 0.6) is 5.75 Å². The van der Waals surface area contributed by atoms with Crippen LogP contribution in [-0.4, -0.2) is 37.3 Å². The highest BCUT2D eigenvalue weighted by atomic mass is 127. The summed E-state index contributed by atoms with van der Waals surface area (Å²) in [5.74, 6) is 1.67. The van der Waals surface area contributed by atoms with E-state index in [1.54, 1.807) is 7.05 Å². The Morgan fingerprint density at radius 3 is 2.41 bits per heavy atom. The van der Waals surface area contributed by atoms with Gasteiger partial charge in [-0.1, -0.05) is 18.2 Å². The van der Waals surface area contributed by atoms with E-state index >= 15 is 0 Å². The monoisotopic (exact) mass is 414 g/mol. The second-order valence-corrected chi connectivity index (χ2v) is 4.51. The first-order valence-corrected chi connectivity index (χ1v) is 7.11. The van der Waals surface area contributed by atoms with Crippen molar-refractivity contribution in [3.63, 3.8) is 0 Å². The molecule has 1 heterocycles. The highest BCUT2D eigenvalue weighted by Gasteiger charge is 1.97. The fourth-order valence-electron chi connectivity index (χ4n) is 1.90. The minimum atomic E-state index is 0. The molecule has 0 unspecified atom stereocenters. The van der Waals surface area contributed by atoms with Crippen LogP contribution in [-0.2, 0) is 6.54 Å². The molecule has 2 N–H and O–H groups in total. The fraction of sp³-hybridized carbons (Fsp3) is 0.312. The van der Waals surface area contributed by atoms with Gasteiger partial charge in [0, 0.05) is 32.5 Å². The zero-order valence-corrected chi connectivity index (χ0v) is 15.1. The van der Waals surface area contributed by atoms with Gasteiger partial charge in [0.05, 0.1) is 6.54 Å². The third-order valence-corrected chi connectivity index (χ3v) is 2.96. The molecular weight excluding hydrogens is 391 g/mol. The quantitative estimate of drug-likeness (QED) is 0.317. The zero-order chi connectivity index (χ0) is 14.8. The van der Waals surface area contributed by atoms with Crippen molar-refractivity contribution < 1.29 is 4.74 Å². The minimum Gasteiger partial charge on any atom is -0.492 e. The van der Waals surface area contributed by atoms with E-state index in [4.69, 9.17) is 4.74 Å². The number of guanidine groups is 1. The van der Waals surface area contributed by atoms with Gasteiger partial charge in [-0.2, -0.15) is 0 Å². The van der Waals surface area contributed by atoms with Gasteiger partial charge in [-0.3, -0.25) is 4.99 Å². The highest BCUT2D eigenvalue weighted by Crippen LogP contribution is 2.07. The van der Waals surface area contributed by atoms with Gasteiger partial charge in [0.1, 0.15) is 12.4 Å². The summed E-state index contributed by atoms with van der Waals surface area (Å²) >= 11 is 0. The molecule has 2 aromatic rings. The van der Waals surface area contributed by atoms with Gasteiger partial charge < -0.3 is 19.9 Å². The Morgan fingerprint density at radius 2 is 1.73 bits per heavy atom. The number of rotatable bonds is 7. The lowest BCUT2D eigenvalue weighted by atomic mass is 10.3. The molecule has 0 spiro atoms. The van der Waals surface area contributed by atoms with Crippen molar-refractivity contribution in [2.45, 2.75) is 6.54 Å². The van der Waals surface area contributed by atoms with E-state index in [-0.39, 0.29) is 24.0 Å². The molecule has 0 radical (unpaired) electrons. The van der Waals surface area contributed by atoms with Crippen molar-refractivity contribution in [1.29, 1.82) is 0 Å². The number of nitrogens with one attached hydrogen (secondary N) is 2. The lowest BCUT2D eigenvalue weighted by Crippen LogP contribution is -2.40. The van der Waals surface area contributed by atoms with Crippen LogP contribution in [0.3, 0.4) is 0 Å². The maximum atomic E-state index is 5.61. The Morgan fingerprint density at radius 1 is 1.05 bits per heavy atom. The maximum Gasteiger partial charge on any atom is 0.191 e. The molecule has 0 saturated heterocycles. The number of aliphatic imine (C=N–C) groups is 1. The lowest BCUT2D eigenvalue weighted by molar-refractivity contribution is 0.322. The average Bonchev–Trinajstić information content (AvgIpc) is 3.04. The van der Waals surface area contributed by atoms with Crippen molar-refractivity contribution in [2.75, 3.05) is 26.7 Å². The van der Waals surface area contributed by atoms with Crippen LogP contribution in [0.1, 0.15) is 0 Å². The number of hydrogen-bond donors (Lipinski definition) is 2. The van der Waals surface area contributed by atoms with Gasteiger partial charge in [0.15, 0.2) is 5.96 Å². The largest absolute Gasteiger partial charge is 0.492 e. The van der Waals surface area contributed by atoms with Crippen molar-refractivity contribution in [3.05, 3.63) is 54.9 Å². The van der Waals surface area contributed by atoms with Crippen LogP contribution in [0.25, 0.3) is 0 Å². The Labute approximate surface area is 148 Å². The van der Waals surface area contributed by atoms with Gasteiger partial charge in [-0.05, 0) is 24.3 Å². The second kappa shape index (κ2) is 10.9. The molecule has 0 aliphatic carbocycles. The molecule has 0 aliphatic rings. The maximum absolute atomic E-state index is 5.61. The second-order valence-electron chi connectivity index (χ2n) is 4.51. The normalized spacial score (nSPS) is 10.7. The summed E-state index contributed by atoms with van der Waals surface area (Å²) in [7, 11) is 1.77. The molecule has 2 rings (SSSR count). The summed E-state index contributed by atoms with van der Waals surface area (Å²) in [4.78, 5) is 4.18. The van der Waals surface area contributed by atoms with E-state index in [1.807, 2.05) is 54.9 Å². The first kappa shape index (κ1) is 18.3. The Hall–Kier alpha value is -1.70.